The van der Waals surface area contributed by atoms with Gasteiger partial charge in [-0.25, -0.2) is 4.39 Å². The molecule has 0 radical (unpaired) electrons. The van der Waals surface area contributed by atoms with Crippen LogP contribution in [-0.2, 0) is 11.3 Å². The minimum Gasteiger partial charge on any atom is -0.494 e. The molecule has 0 fully saturated rings. The van der Waals surface area contributed by atoms with Gasteiger partial charge in [0.05, 0.1) is 7.11 Å². The molecule has 0 aliphatic heterocycles. The summed E-state index contributed by atoms with van der Waals surface area (Å²) in [5.41, 5.74) is 6.18. The first-order valence-electron chi connectivity index (χ1n) is 7.35. The second-order valence-electron chi connectivity index (χ2n) is 5.17. The van der Waals surface area contributed by atoms with Gasteiger partial charge >= 0.3 is 0 Å². The molecule has 21 heavy (non-hydrogen) atoms. The van der Waals surface area contributed by atoms with Gasteiger partial charge in [0.25, 0.3) is 0 Å². The SMILES string of the molecule is COc1ccc(CN(C)C(=O)CCCCCCN)cc1F. The summed E-state index contributed by atoms with van der Waals surface area (Å²) in [6.07, 6.45) is 4.50. The van der Waals surface area contributed by atoms with Crippen LogP contribution in [0.1, 0.15) is 37.7 Å². The highest BCUT2D eigenvalue weighted by molar-refractivity contribution is 5.75. The third kappa shape index (κ3) is 6.12. The number of nitrogens with two attached hydrogens (primary N) is 1. The van der Waals surface area contributed by atoms with E-state index >= 15 is 0 Å². The summed E-state index contributed by atoms with van der Waals surface area (Å²) in [5.74, 6) is -0.107. The zero-order valence-corrected chi connectivity index (χ0v) is 12.9. The lowest BCUT2D eigenvalue weighted by atomic mass is 10.1. The summed E-state index contributed by atoms with van der Waals surface area (Å²) in [4.78, 5) is 13.6. The zero-order chi connectivity index (χ0) is 15.7. The van der Waals surface area contributed by atoms with Crippen LogP contribution in [0.2, 0.25) is 0 Å². The van der Waals surface area contributed by atoms with Gasteiger partial charge in [-0.15, -0.1) is 0 Å². The number of halogens is 1. The highest BCUT2D eigenvalue weighted by atomic mass is 19.1. The van der Waals surface area contributed by atoms with Crippen LogP contribution in [0.15, 0.2) is 18.2 Å². The van der Waals surface area contributed by atoms with E-state index < -0.39 is 5.82 Å². The van der Waals surface area contributed by atoms with Crippen molar-refractivity contribution >= 4 is 5.91 Å². The number of hydrogen-bond donors (Lipinski definition) is 1. The molecule has 2 N–H and O–H groups in total. The summed E-state index contributed by atoms with van der Waals surface area (Å²) < 4.78 is 18.5. The summed E-state index contributed by atoms with van der Waals surface area (Å²) in [5, 5.41) is 0. The van der Waals surface area contributed by atoms with Crippen LogP contribution >= 0.6 is 0 Å². The smallest absolute Gasteiger partial charge is 0.222 e. The molecule has 0 spiro atoms. The van der Waals surface area contributed by atoms with Gasteiger partial charge in [-0.2, -0.15) is 0 Å². The number of methoxy groups -OCH3 is 1. The molecular formula is C16H25FN2O2. The first kappa shape index (κ1) is 17.4. The molecule has 0 unspecified atom stereocenters. The number of amides is 1. The van der Waals surface area contributed by atoms with Crippen molar-refractivity contribution in [2.24, 2.45) is 5.73 Å². The monoisotopic (exact) mass is 296 g/mol. The van der Waals surface area contributed by atoms with Gasteiger partial charge in [0, 0.05) is 20.0 Å². The van der Waals surface area contributed by atoms with Gasteiger partial charge in [0.2, 0.25) is 5.91 Å². The van der Waals surface area contributed by atoms with Crippen molar-refractivity contribution in [1.82, 2.24) is 4.90 Å². The molecule has 0 saturated heterocycles. The van der Waals surface area contributed by atoms with E-state index in [1.807, 2.05) is 0 Å². The molecule has 0 aromatic heterocycles. The maximum atomic E-state index is 13.6. The third-order valence-corrected chi connectivity index (χ3v) is 3.41. The topological polar surface area (TPSA) is 55.6 Å². The van der Waals surface area contributed by atoms with Crippen molar-refractivity contribution in [3.05, 3.63) is 29.6 Å². The van der Waals surface area contributed by atoms with E-state index in [1.54, 1.807) is 24.1 Å². The van der Waals surface area contributed by atoms with Crippen LogP contribution in [0.4, 0.5) is 4.39 Å². The Kier molecular flexibility index (Phi) is 7.75. The van der Waals surface area contributed by atoms with E-state index in [0.29, 0.717) is 19.5 Å². The normalized spacial score (nSPS) is 10.5. The van der Waals surface area contributed by atoms with Crippen LogP contribution in [-0.4, -0.2) is 31.5 Å². The summed E-state index contributed by atoms with van der Waals surface area (Å²) >= 11 is 0. The molecule has 0 aliphatic carbocycles. The molecule has 1 aromatic carbocycles. The number of rotatable bonds is 9. The number of ether oxygens (including phenoxy) is 1. The van der Waals surface area contributed by atoms with Crippen LogP contribution in [0.5, 0.6) is 5.75 Å². The molecule has 1 aromatic rings. The van der Waals surface area contributed by atoms with Crippen molar-refractivity contribution in [2.45, 2.75) is 38.6 Å². The van der Waals surface area contributed by atoms with E-state index in [9.17, 15) is 9.18 Å². The van der Waals surface area contributed by atoms with Crippen LogP contribution < -0.4 is 10.5 Å². The molecule has 0 bridgehead atoms. The van der Waals surface area contributed by atoms with Gasteiger partial charge in [0.1, 0.15) is 0 Å². The Balaban J connectivity index is 2.39. The Hall–Kier alpha value is -1.62. The number of benzene rings is 1. The van der Waals surface area contributed by atoms with E-state index in [1.165, 1.54) is 13.2 Å². The quantitative estimate of drug-likeness (QED) is 0.713. The highest BCUT2D eigenvalue weighted by Gasteiger charge is 2.10. The van der Waals surface area contributed by atoms with Gasteiger partial charge in [-0.3, -0.25) is 4.79 Å². The van der Waals surface area contributed by atoms with Crippen molar-refractivity contribution in [3.63, 3.8) is 0 Å². The van der Waals surface area contributed by atoms with Gasteiger partial charge in [-0.1, -0.05) is 18.9 Å². The lowest BCUT2D eigenvalue weighted by molar-refractivity contribution is -0.130. The van der Waals surface area contributed by atoms with Crippen molar-refractivity contribution in [2.75, 3.05) is 20.7 Å². The van der Waals surface area contributed by atoms with E-state index in [0.717, 1.165) is 31.2 Å². The molecule has 0 atom stereocenters. The standard InChI is InChI=1S/C16H25FN2O2/c1-19(16(20)7-5-3-4-6-10-18)12-13-8-9-15(21-2)14(17)11-13/h8-9,11H,3-7,10,12,18H2,1-2H3. The van der Waals surface area contributed by atoms with Crippen LogP contribution in [0.3, 0.4) is 0 Å². The maximum absolute atomic E-state index is 13.6. The van der Waals surface area contributed by atoms with Crippen molar-refractivity contribution in [3.8, 4) is 5.75 Å². The fourth-order valence-electron chi connectivity index (χ4n) is 2.14. The predicted molar refractivity (Wildman–Crippen MR) is 81.6 cm³/mol. The fourth-order valence-corrected chi connectivity index (χ4v) is 2.14. The molecule has 4 nitrogen and oxygen atoms in total. The largest absolute Gasteiger partial charge is 0.494 e. The minimum atomic E-state index is -0.405. The second kappa shape index (κ2) is 9.34. The number of nitrogens with zero attached hydrogens (tertiary/aromatic N) is 1. The van der Waals surface area contributed by atoms with E-state index in [2.05, 4.69) is 0 Å². The first-order chi connectivity index (χ1) is 10.1. The zero-order valence-electron chi connectivity index (χ0n) is 12.9. The van der Waals surface area contributed by atoms with Crippen molar-refractivity contribution < 1.29 is 13.9 Å². The molecule has 118 valence electrons. The van der Waals surface area contributed by atoms with Gasteiger partial charge in [0.15, 0.2) is 11.6 Å². The molecule has 5 heteroatoms. The highest BCUT2D eigenvalue weighted by Crippen LogP contribution is 2.18. The van der Waals surface area contributed by atoms with Crippen LogP contribution in [0, 0.1) is 5.82 Å². The molecule has 0 heterocycles. The Morgan fingerprint density at radius 3 is 2.62 bits per heavy atom. The average molecular weight is 296 g/mol. The Bertz CT molecular complexity index is 452. The predicted octanol–water partition coefficient (Wildman–Crippen LogP) is 2.70. The number of hydrogen-bond acceptors (Lipinski definition) is 3. The Morgan fingerprint density at radius 2 is 2.00 bits per heavy atom. The second-order valence-corrected chi connectivity index (χ2v) is 5.17. The molecule has 0 saturated carbocycles. The van der Waals surface area contributed by atoms with Gasteiger partial charge < -0.3 is 15.4 Å². The van der Waals surface area contributed by atoms with Gasteiger partial charge in [-0.05, 0) is 37.1 Å². The van der Waals surface area contributed by atoms with Crippen molar-refractivity contribution in [1.29, 1.82) is 0 Å². The van der Waals surface area contributed by atoms with E-state index in [4.69, 9.17) is 10.5 Å². The molecular weight excluding hydrogens is 271 g/mol. The first-order valence-corrected chi connectivity index (χ1v) is 7.35. The maximum Gasteiger partial charge on any atom is 0.222 e. The lowest BCUT2D eigenvalue weighted by Gasteiger charge is -2.17. The summed E-state index contributed by atoms with van der Waals surface area (Å²) in [7, 11) is 3.17. The lowest BCUT2D eigenvalue weighted by Crippen LogP contribution is -2.25. The molecule has 1 rings (SSSR count). The number of unbranched alkanes of at least 4 members (excludes halogenated alkanes) is 3. The minimum absolute atomic E-state index is 0.0824. The van der Waals surface area contributed by atoms with E-state index in [-0.39, 0.29) is 11.7 Å². The molecule has 0 aliphatic rings. The average Bonchev–Trinajstić information content (AvgIpc) is 2.47. The summed E-state index contributed by atoms with van der Waals surface area (Å²) in [6.45, 7) is 1.11. The number of carbonyl (C=O) groups excluding carboxylic acids is 1. The summed E-state index contributed by atoms with van der Waals surface area (Å²) in [6, 6.07) is 4.76. The Labute approximate surface area is 126 Å². The third-order valence-electron chi connectivity index (χ3n) is 3.41. The number of carbonyl (C=O) groups is 1. The Morgan fingerprint density at radius 1 is 1.29 bits per heavy atom. The molecule has 1 amide bonds. The van der Waals surface area contributed by atoms with Crippen LogP contribution in [0.25, 0.3) is 0 Å². The fraction of sp³-hybridized carbons (Fsp3) is 0.562.